The summed E-state index contributed by atoms with van der Waals surface area (Å²) in [4.78, 5) is 0. The minimum absolute atomic E-state index is 0.125. The molecule has 0 unspecified atom stereocenters. The standard InChI is InChI=1S/C30H17ClF7N3/c31-24-11-19(32)6-4-18(24)14-40-9-8-16-10-17(5-7-27(16)40)29-21-2-1-3-23(30(36,37)38)28(21)39-41(29)15-22-25(34)12-20(33)13-26(22)35/h1-13H,14-15H2. The monoisotopic (exact) mass is 587 g/mol. The number of fused-ring (bicyclic) bond motifs is 2. The van der Waals surface area contributed by atoms with Gasteiger partial charge in [-0.3, -0.25) is 4.68 Å². The second-order valence-electron chi connectivity index (χ2n) is 9.51. The van der Waals surface area contributed by atoms with E-state index in [2.05, 4.69) is 5.10 Å². The number of hydrogen-bond acceptors (Lipinski definition) is 1. The van der Waals surface area contributed by atoms with Crippen molar-refractivity contribution >= 4 is 33.4 Å². The van der Waals surface area contributed by atoms with E-state index in [-0.39, 0.29) is 21.6 Å². The van der Waals surface area contributed by atoms with Gasteiger partial charge in [0.2, 0.25) is 0 Å². The van der Waals surface area contributed by atoms with Gasteiger partial charge >= 0.3 is 6.18 Å². The average Bonchev–Trinajstić information content (AvgIpc) is 3.47. The third kappa shape index (κ3) is 4.93. The Hall–Kier alpha value is -4.31. The molecule has 11 heteroatoms. The highest BCUT2D eigenvalue weighted by atomic mass is 35.5. The number of aromatic nitrogens is 3. The molecule has 3 nitrogen and oxygen atoms in total. The fraction of sp³-hybridized carbons (Fsp3) is 0.100. The lowest BCUT2D eigenvalue weighted by molar-refractivity contribution is -0.136. The maximum atomic E-state index is 14.6. The van der Waals surface area contributed by atoms with Gasteiger partial charge in [0.15, 0.2) is 0 Å². The molecule has 208 valence electrons. The average molecular weight is 588 g/mol. The van der Waals surface area contributed by atoms with Crippen molar-refractivity contribution in [2.24, 2.45) is 0 Å². The molecule has 0 amide bonds. The third-order valence-corrected chi connectivity index (χ3v) is 7.24. The number of halogens is 8. The van der Waals surface area contributed by atoms with Crippen LogP contribution < -0.4 is 0 Å². The first-order valence-electron chi connectivity index (χ1n) is 12.2. The summed E-state index contributed by atoms with van der Waals surface area (Å²) < 4.78 is 101. The van der Waals surface area contributed by atoms with Crippen LogP contribution in [0.1, 0.15) is 16.7 Å². The minimum Gasteiger partial charge on any atom is -0.343 e. The van der Waals surface area contributed by atoms with Crippen LogP contribution in [0.4, 0.5) is 30.7 Å². The van der Waals surface area contributed by atoms with Crippen LogP contribution in [0.15, 0.2) is 79.0 Å². The second-order valence-corrected chi connectivity index (χ2v) is 9.91. The molecule has 0 fully saturated rings. The van der Waals surface area contributed by atoms with Gasteiger partial charge in [0.1, 0.15) is 28.8 Å². The van der Waals surface area contributed by atoms with Crippen molar-refractivity contribution in [3.63, 3.8) is 0 Å². The van der Waals surface area contributed by atoms with E-state index in [4.69, 9.17) is 11.6 Å². The lowest BCUT2D eigenvalue weighted by Gasteiger charge is -2.11. The van der Waals surface area contributed by atoms with E-state index in [0.717, 1.165) is 16.3 Å². The van der Waals surface area contributed by atoms with Gasteiger partial charge in [-0.15, -0.1) is 0 Å². The number of alkyl halides is 3. The van der Waals surface area contributed by atoms with Crippen LogP contribution in [-0.2, 0) is 19.3 Å². The summed E-state index contributed by atoms with van der Waals surface area (Å²) >= 11 is 6.19. The van der Waals surface area contributed by atoms with Gasteiger partial charge in [0.25, 0.3) is 0 Å². The molecule has 4 aromatic carbocycles. The number of rotatable bonds is 5. The van der Waals surface area contributed by atoms with Crippen molar-refractivity contribution in [1.29, 1.82) is 0 Å². The smallest absolute Gasteiger partial charge is 0.343 e. The maximum absolute atomic E-state index is 14.6. The summed E-state index contributed by atoms with van der Waals surface area (Å²) in [5.74, 6) is -3.95. The molecular formula is C30H17ClF7N3. The van der Waals surface area contributed by atoms with E-state index in [9.17, 15) is 30.7 Å². The van der Waals surface area contributed by atoms with Crippen LogP contribution in [0.25, 0.3) is 33.1 Å². The summed E-state index contributed by atoms with van der Waals surface area (Å²) in [5, 5.41) is 5.24. The minimum atomic E-state index is -4.73. The van der Waals surface area contributed by atoms with Gasteiger partial charge in [0.05, 0.1) is 17.8 Å². The quantitative estimate of drug-likeness (QED) is 0.185. The van der Waals surface area contributed by atoms with E-state index in [1.165, 1.54) is 24.3 Å². The second kappa shape index (κ2) is 9.95. The first-order chi connectivity index (χ1) is 19.5. The van der Waals surface area contributed by atoms with Gasteiger partial charge in [0, 0.05) is 57.3 Å². The van der Waals surface area contributed by atoms with E-state index in [1.54, 1.807) is 36.5 Å². The van der Waals surface area contributed by atoms with Crippen LogP contribution in [-0.4, -0.2) is 14.3 Å². The molecular weight excluding hydrogens is 571 g/mol. The molecule has 0 aliphatic carbocycles. The van der Waals surface area contributed by atoms with E-state index in [1.807, 2.05) is 4.57 Å². The van der Waals surface area contributed by atoms with Crippen molar-refractivity contribution in [1.82, 2.24) is 14.3 Å². The highest BCUT2D eigenvalue weighted by molar-refractivity contribution is 6.31. The van der Waals surface area contributed by atoms with Gasteiger partial charge in [-0.25, -0.2) is 17.6 Å². The van der Waals surface area contributed by atoms with Crippen molar-refractivity contribution in [2.45, 2.75) is 19.3 Å². The topological polar surface area (TPSA) is 22.8 Å². The Morgan fingerprint density at radius 1 is 0.780 bits per heavy atom. The Bertz CT molecular complexity index is 1930. The predicted octanol–water partition coefficient (Wildman–Crippen LogP) is 8.98. The fourth-order valence-corrected chi connectivity index (χ4v) is 5.22. The third-order valence-electron chi connectivity index (χ3n) is 6.89. The summed E-state index contributed by atoms with van der Waals surface area (Å²) in [7, 11) is 0. The molecule has 2 aromatic heterocycles. The summed E-state index contributed by atoms with van der Waals surface area (Å²) in [5.41, 5.74) is 0.153. The Kier molecular flexibility index (Phi) is 6.53. The number of benzene rings is 4. The Labute approximate surface area is 233 Å². The van der Waals surface area contributed by atoms with E-state index in [0.29, 0.717) is 35.2 Å². The van der Waals surface area contributed by atoms with Crippen LogP contribution in [0.5, 0.6) is 0 Å². The van der Waals surface area contributed by atoms with Crippen molar-refractivity contribution in [2.75, 3.05) is 0 Å². The fourth-order valence-electron chi connectivity index (χ4n) is 4.99. The molecule has 0 bridgehead atoms. The molecule has 6 rings (SSSR count). The van der Waals surface area contributed by atoms with Gasteiger partial charge in [-0.2, -0.15) is 18.3 Å². The van der Waals surface area contributed by atoms with Crippen molar-refractivity contribution < 1.29 is 30.7 Å². The first-order valence-corrected chi connectivity index (χ1v) is 12.6. The lowest BCUT2D eigenvalue weighted by atomic mass is 10.0. The number of nitrogens with zero attached hydrogens (tertiary/aromatic N) is 3. The van der Waals surface area contributed by atoms with E-state index < -0.39 is 47.1 Å². The van der Waals surface area contributed by atoms with Crippen molar-refractivity contribution in [3.05, 3.63) is 124 Å². The Morgan fingerprint density at radius 2 is 1.54 bits per heavy atom. The molecule has 0 aliphatic rings. The summed E-state index contributed by atoms with van der Waals surface area (Å²) in [6.45, 7) is -0.248. The molecule has 0 saturated carbocycles. The molecule has 0 aliphatic heterocycles. The van der Waals surface area contributed by atoms with Crippen molar-refractivity contribution in [3.8, 4) is 11.3 Å². The maximum Gasteiger partial charge on any atom is 0.418 e. The molecule has 6 aromatic rings. The van der Waals surface area contributed by atoms with Gasteiger partial charge in [-0.1, -0.05) is 35.9 Å². The molecule has 0 radical (unpaired) electrons. The van der Waals surface area contributed by atoms with Gasteiger partial charge < -0.3 is 4.57 Å². The van der Waals surface area contributed by atoms with Crippen LogP contribution in [0.3, 0.4) is 0 Å². The zero-order chi connectivity index (χ0) is 29.1. The first kappa shape index (κ1) is 26.9. The zero-order valence-corrected chi connectivity index (χ0v) is 21.5. The molecule has 0 spiro atoms. The largest absolute Gasteiger partial charge is 0.418 e. The number of hydrogen-bond donors (Lipinski definition) is 0. The predicted molar refractivity (Wildman–Crippen MR) is 142 cm³/mol. The highest BCUT2D eigenvalue weighted by Gasteiger charge is 2.34. The normalized spacial score (nSPS) is 12.1. The Balaban J connectivity index is 1.50. The summed E-state index contributed by atoms with van der Waals surface area (Å²) in [6, 6.07) is 15.6. The molecule has 0 atom stereocenters. The van der Waals surface area contributed by atoms with Crippen LogP contribution in [0, 0.1) is 23.3 Å². The highest BCUT2D eigenvalue weighted by Crippen LogP contribution is 2.39. The molecule has 41 heavy (non-hydrogen) atoms. The Morgan fingerprint density at radius 3 is 2.24 bits per heavy atom. The zero-order valence-electron chi connectivity index (χ0n) is 20.8. The molecule has 2 heterocycles. The summed E-state index contributed by atoms with van der Waals surface area (Å²) in [6.07, 6.45) is -2.94. The van der Waals surface area contributed by atoms with Crippen LogP contribution >= 0.6 is 11.6 Å². The van der Waals surface area contributed by atoms with Crippen LogP contribution in [0.2, 0.25) is 5.02 Å². The molecule has 0 saturated heterocycles. The molecule has 0 N–H and O–H groups in total. The van der Waals surface area contributed by atoms with E-state index >= 15 is 0 Å². The van der Waals surface area contributed by atoms with Gasteiger partial charge in [-0.05, 0) is 42.0 Å². The lowest BCUT2D eigenvalue weighted by Crippen LogP contribution is -2.09. The SMILES string of the molecule is Fc1cc(F)c(Cn2nc3c(C(F)(F)F)cccc3c2-c2ccc3c(ccn3Cc3ccc(F)cc3Cl)c2)c(F)c1.